The van der Waals surface area contributed by atoms with Gasteiger partial charge in [0.25, 0.3) is 0 Å². The van der Waals surface area contributed by atoms with E-state index in [0.717, 1.165) is 11.1 Å². The molecule has 0 N–H and O–H groups in total. The Morgan fingerprint density at radius 1 is 0.825 bits per heavy atom. The van der Waals surface area contributed by atoms with Crippen LogP contribution in [0.15, 0.2) is 95.3 Å². The molecular formula is C29H34N2O7S2. The van der Waals surface area contributed by atoms with Crippen LogP contribution in [-0.2, 0) is 29.5 Å². The molecule has 0 bridgehead atoms. The summed E-state index contributed by atoms with van der Waals surface area (Å²) in [5.74, 6) is 0. The van der Waals surface area contributed by atoms with Gasteiger partial charge in [-0.15, -0.1) is 6.58 Å². The van der Waals surface area contributed by atoms with Crippen LogP contribution >= 0.6 is 0 Å². The second-order valence-corrected chi connectivity index (χ2v) is 13.6. The number of hydrogen-bond donors (Lipinski definition) is 0. The number of carbonyl (C=O) groups excluding carboxylic acids is 1. The highest BCUT2D eigenvalue weighted by atomic mass is 32.2. The fourth-order valence-corrected chi connectivity index (χ4v) is 8.29. The summed E-state index contributed by atoms with van der Waals surface area (Å²) in [4.78, 5) is 11.9. The highest BCUT2D eigenvalue weighted by molar-refractivity contribution is 7.89. The molecule has 0 saturated heterocycles. The third-order valence-electron chi connectivity index (χ3n) is 7.03. The van der Waals surface area contributed by atoms with Crippen LogP contribution in [0.4, 0.5) is 4.79 Å². The number of methoxy groups -OCH3 is 1. The average molecular weight is 587 g/mol. The highest BCUT2D eigenvalue weighted by Gasteiger charge is 2.43. The first-order valence-electron chi connectivity index (χ1n) is 12.9. The maximum absolute atomic E-state index is 14.0. The summed E-state index contributed by atoms with van der Waals surface area (Å²) in [6.07, 6.45) is 7.22. The smallest absolute Gasteiger partial charge is 0.438 e. The summed E-state index contributed by atoms with van der Waals surface area (Å²) in [6, 6.07) is 11.3. The van der Waals surface area contributed by atoms with Crippen molar-refractivity contribution in [1.82, 2.24) is 8.61 Å². The molecule has 0 fully saturated rings. The van der Waals surface area contributed by atoms with E-state index in [1.807, 2.05) is 13.8 Å². The number of benzene rings is 2. The first kappa shape index (κ1) is 29.7. The van der Waals surface area contributed by atoms with Crippen molar-refractivity contribution in [3.8, 4) is 0 Å². The van der Waals surface area contributed by atoms with Crippen LogP contribution in [0.2, 0.25) is 0 Å². The van der Waals surface area contributed by atoms with Gasteiger partial charge < -0.3 is 9.47 Å². The van der Waals surface area contributed by atoms with Gasteiger partial charge in [-0.2, -0.15) is 8.61 Å². The third kappa shape index (κ3) is 6.22. The van der Waals surface area contributed by atoms with Crippen molar-refractivity contribution in [3.05, 3.63) is 96.6 Å². The number of rotatable bonds is 10. The Kier molecular flexibility index (Phi) is 8.99. The summed E-state index contributed by atoms with van der Waals surface area (Å²) < 4.78 is 67.9. The number of aryl methyl sites for hydroxylation is 2. The maximum Gasteiger partial charge on any atom is 0.508 e. The van der Waals surface area contributed by atoms with Gasteiger partial charge in [-0.1, -0.05) is 59.7 Å². The molecule has 4 rings (SSSR count). The minimum Gasteiger partial charge on any atom is -0.438 e. The standard InChI is InChI=1S/C29H34N2O7S2/c1-5-18-30(39(33,34)27-14-6-21(2)7-15-27)23-10-11-24(19-23)31(25-12-13-26(20-25)38-29(32)37-4)40(35,36)28-16-8-22(3)9-17-28/h5-17,23-26H,1,18-20H2,2-4H3. The van der Waals surface area contributed by atoms with E-state index >= 15 is 0 Å². The van der Waals surface area contributed by atoms with Crippen LogP contribution in [0.3, 0.4) is 0 Å². The Morgan fingerprint density at radius 2 is 1.32 bits per heavy atom. The van der Waals surface area contributed by atoms with Gasteiger partial charge in [-0.3, -0.25) is 0 Å². The minimum atomic E-state index is -4.02. The lowest BCUT2D eigenvalue weighted by atomic mass is 10.1. The zero-order valence-electron chi connectivity index (χ0n) is 22.7. The fourth-order valence-electron chi connectivity index (χ4n) is 4.98. The van der Waals surface area contributed by atoms with Crippen molar-refractivity contribution in [2.75, 3.05) is 13.7 Å². The summed E-state index contributed by atoms with van der Waals surface area (Å²) in [5, 5.41) is 0. The SMILES string of the molecule is C=CCN(C1C=CC(N(C2C=CC(OC(=O)OC)C2)S(=O)(=O)c2ccc(C)cc2)C1)S(=O)(=O)c1ccc(C)cc1. The van der Waals surface area contributed by atoms with Crippen molar-refractivity contribution < 1.29 is 31.1 Å². The van der Waals surface area contributed by atoms with Gasteiger partial charge in [0.15, 0.2) is 0 Å². The van der Waals surface area contributed by atoms with E-state index in [1.165, 1.54) is 21.8 Å². The van der Waals surface area contributed by atoms with Crippen LogP contribution in [0.5, 0.6) is 0 Å². The van der Waals surface area contributed by atoms with Gasteiger partial charge in [0.1, 0.15) is 6.10 Å². The van der Waals surface area contributed by atoms with Crippen LogP contribution in [0.25, 0.3) is 0 Å². The summed E-state index contributed by atoms with van der Waals surface area (Å²) in [6.45, 7) is 7.54. The Bertz CT molecular complexity index is 1500. The molecule has 4 unspecified atom stereocenters. The van der Waals surface area contributed by atoms with Crippen molar-refractivity contribution in [3.63, 3.8) is 0 Å². The van der Waals surface area contributed by atoms with Gasteiger partial charge in [-0.25, -0.2) is 21.6 Å². The topological polar surface area (TPSA) is 110 Å². The molecule has 0 amide bonds. The Balaban J connectivity index is 1.65. The Morgan fingerprint density at radius 3 is 1.88 bits per heavy atom. The maximum atomic E-state index is 14.0. The molecule has 2 aromatic carbocycles. The minimum absolute atomic E-state index is 0.0566. The predicted octanol–water partition coefficient (Wildman–Crippen LogP) is 4.35. The van der Waals surface area contributed by atoms with Crippen LogP contribution < -0.4 is 0 Å². The molecule has 0 radical (unpaired) electrons. The van der Waals surface area contributed by atoms with E-state index in [2.05, 4.69) is 11.3 Å². The number of hydrogen-bond acceptors (Lipinski definition) is 7. The quantitative estimate of drug-likeness (QED) is 0.301. The van der Waals surface area contributed by atoms with Gasteiger partial charge in [0.05, 0.1) is 16.9 Å². The number of ether oxygens (including phenoxy) is 2. The van der Waals surface area contributed by atoms with E-state index in [0.29, 0.717) is 0 Å². The van der Waals surface area contributed by atoms with Crippen LogP contribution in [0, 0.1) is 13.8 Å². The summed E-state index contributed by atoms with van der Waals surface area (Å²) in [5.41, 5.74) is 1.85. The molecule has 2 aliphatic carbocycles. The van der Waals surface area contributed by atoms with E-state index < -0.39 is 50.4 Å². The first-order chi connectivity index (χ1) is 19.0. The number of nitrogens with zero attached hydrogens (tertiary/aromatic N) is 2. The molecule has 0 spiro atoms. The van der Waals surface area contributed by atoms with E-state index in [1.54, 1.807) is 72.8 Å². The predicted molar refractivity (Wildman–Crippen MR) is 152 cm³/mol. The van der Waals surface area contributed by atoms with Gasteiger partial charge >= 0.3 is 6.16 Å². The van der Waals surface area contributed by atoms with Crippen molar-refractivity contribution in [1.29, 1.82) is 0 Å². The van der Waals surface area contributed by atoms with Gasteiger partial charge in [0, 0.05) is 31.1 Å². The lowest BCUT2D eigenvalue weighted by molar-refractivity contribution is 0.0489. The van der Waals surface area contributed by atoms with Crippen molar-refractivity contribution in [2.24, 2.45) is 0 Å². The lowest BCUT2D eigenvalue weighted by Crippen LogP contribution is -2.47. The van der Waals surface area contributed by atoms with Crippen LogP contribution in [0.1, 0.15) is 24.0 Å². The van der Waals surface area contributed by atoms with E-state index in [4.69, 9.17) is 4.74 Å². The van der Waals surface area contributed by atoms with Gasteiger partial charge in [-0.05, 0) is 50.6 Å². The molecular weight excluding hydrogens is 552 g/mol. The molecule has 40 heavy (non-hydrogen) atoms. The first-order valence-corrected chi connectivity index (χ1v) is 15.8. The van der Waals surface area contributed by atoms with E-state index in [9.17, 15) is 21.6 Å². The Labute approximate surface area is 236 Å². The molecule has 4 atom stereocenters. The van der Waals surface area contributed by atoms with Crippen molar-refractivity contribution in [2.45, 2.75) is 60.7 Å². The molecule has 2 aromatic rings. The molecule has 0 heterocycles. The highest BCUT2D eigenvalue weighted by Crippen LogP contribution is 2.34. The Hall–Kier alpha value is -3.25. The zero-order valence-corrected chi connectivity index (χ0v) is 24.3. The number of sulfonamides is 2. The monoisotopic (exact) mass is 586 g/mol. The third-order valence-corrected chi connectivity index (χ3v) is 10.9. The normalized spacial score (nSPS) is 22.6. The molecule has 0 saturated carbocycles. The van der Waals surface area contributed by atoms with Gasteiger partial charge in [0.2, 0.25) is 20.0 Å². The van der Waals surface area contributed by atoms with E-state index in [-0.39, 0.29) is 29.2 Å². The average Bonchev–Trinajstić information content (AvgIpc) is 3.57. The molecule has 0 aliphatic heterocycles. The molecule has 11 heteroatoms. The van der Waals surface area contributed by atoms with Crippen molar-refractivity contribution >= 4 is 26.2 Å². The second kappa shape index (κ2) is 12.1. The largest absolute Gasteiger partial charge is 0.508 e. The fraction of sp³-hybridized carbons (Fsp3) is 0.345. The molecule has 214 valence electrons. The molecule has 0 aromatic heterocycles. The molecule has 2 aliphatic rings. The zero-order chi connectivity index (χ0) is 29.1. The number of carbonyl (C=O) groups is 1. The summed E-state index contributed by atoms with van der Waals surface area (Å²) in [7, 11) is -6.71. The summed E-state index contributed by atoms with van der Waals surface area (Å²) >= 11 is 0. The van der Waals surface area contributed by atoms with Crippen LogP contribution in [-0.4, -0.2) is 69.5 Å². The lowest BCUT2D eigenvalue weighted by Gasteiger charge is -2.34. The molecule has 9 nitrogen and oxygen atoms in total. The second-order valence-electron chi connectivity index (χ2n) is 9.88.